The standard InChI is InChI=1S/C20H22N2O3/c1-14(2)21-18(23)20(12-13-20)19(24)22-15-8-10-17(11-9-15)25-16-6-4-3-5-7-16/h3-11,14H,12-13H2,1-2H3,(H,21,23)(H,22,24). The quantitative estimate of drug-likeness (QED) is 0.789. The van der Waals surface area contributed by atoms with Gasteiger partial charge in [-0.2, -0.15) is 0 Å². The fourth-order valence-corrected chi connectivity index (χ4v) is 2.56. The Kier molecular flexibility index (Phi) is 4.74. The number of para-hydroxylation sites is 1. The Morgan fingerprint density at radius 3 is 2.08 bits per heavy atom. The van der Waals surface area contributed by atoms with Gasteiger partial charge in [0, 0.05) is 11.7 Å². The fourth-order valence-electron chi connectivity index (χ4n) is 2.56. The molecule has 1 saturated carbocycles. The summed E-state index contributed by atoms with van der Waals surface area (Å²) in [7, 11) is 0. The molecule has 0 unspecified atom stereocenters. The second-order valence-corrected chi connectivity index (χ2v) is 6.60. The predicted molar refractivity (Wildman–Crippen MR) is 96.5 cm³/mol. The molecule has 130 valence electrons. The third kappa shape index (κ3) is 3.99. The molecule has 0 heterocycles. The van der Waals surface area contributed by atoms with Crippen LogP contribution in [0.25, 0.3) is 0 Å². The molecule has 5 nitrogen and oxygen atoms in total. The molecule has 0 atom stereocenters. The lowest BCUT2D eigenvalue weighted by molar-refractivity contribution is -0.134. The highest BCUT2D eigenvalue weighted by molar-refractivity contribution is 6.13. The lowest BCUT2D eigenvalue weighted by atomic mass is 10.0. The Morgan fingerprint density at radius 2 is 1.52 bits per heavy atom. The summed E-state index contributed by atoms with van der Waals surface area (Å²) >= 11 is 0. The molecule has 2 aromatic carbocycles. The molecule has 2 amide bonds. The highest BCUT2D eigenvalue weighted by Gasteiger charge is 2.56. The van der Waals surface area contributed by atoms with Gasteiger partial charge >= 0.3 is 0 Å². The van der Waals surface area contributed by atoms with E-state index in [1.165, 1.54) is 0 Å². The van der Waals surface area contributed by atoms with Gasteiger partial charge in [-0.25, -0.2) is 0 Å². The van der Waals surface area contributed by atoms with Crippen LogP contribution in [-0.4, -0.2) is 17.9 Å². The van der Waals surface area contributed by atoms with Gasteiger partial charge in [-0.3, -0.25) is 9.59 Å². The number of ether oxygens (including phenoxy) is 1. The van der Waals surface area contributed by atoms with Crippen LogP contribution in [0.1, 0.15) is 26.7 Å². The van der Waals surface area contributed by atoms with Crippen LogP contribution in [0.4, 0.5) is 5.69 Å². The van der Waals surface area contributed by atoms with Crippen molar-refractivity contribution in [3.05, 3.63) is 54.6 Å². The van der Waals surface area contributed by atoms with E-state index in [0.717, 1.165) is 5.75 Å². The third-order valence-corrected chi connectivity index (χ3v) is 4.13. The number of nitrogens with one attached hydrogen (secondary N) is 2. The number of hydrogen-bond donors (Lipinski definition) is 2. The molecule has 25 heavy (non-hydrogen) atoms. The highest BCUT2D eigenvalue weighted by Crippen LogP contribution is 2.47. The first kappa shape index (κ1) is 17.0. The fraction of sp³-hybridized carbons (Fsp3) is 0.300. The van der Waals surface area contributed by atoms with Crippen molar-refractivity contribution in [3.8, 4) is 11.5 Å². The lowest BCUT2D eigenvalue weighted by Crippen LogP contribution is -2.42. The largest absolute Gasteiger partial charge is 0.457 e. The summed E-state index contributed by atoms with van der Waals surface area (Å²) in [5, 5.41) is 5.66. The van der Waals surface area contributed by atoms with Crippen molar-refractivity contribution >= 4 is 17.5 Å². The molecule has 0 aliphatic heterocycles. The van der Waals surface area contributed by atoms with E-state index in [4.69, 9.17) is 4.74 Å². The molecule has 0 bridgehead atoms. The molecule has 1 aliphatic rings. The molecule has 0 radical (unpaired) electrons. The Labute approximate surface area is 147 Å². The van der Waals surface area contributed by atoms with E-state index >= 15 is 0 Å². The first-order chi connectivity index (χ1) is 12.0. The Hall–Kier alpha value is -2.82. The molecule has 0 aromatic heterocycles. The second-order valence-electron chi connectivity index (χ2n) is 6.60. The van der Waals surface area contributed by atoms with Crippen LogP contribution >= 0.6 is 0 Å². The zero-order valence-electron chi connectivity index (χ0n) is 14.4. The van der Waals surface area contributed by atoms with Crippen molar-refractivity contribution < 1.29 is 14.3 Å². The molecule has 0 spiro atoms. The van der Waals surface area contributed by atoms with Crippen LogP contribution in [0, 0.1) is 5.41 Å². The van der Waals surface area contributed by atoms with Gasteiger partial charge in [0.1, 0.15) is 16.9 Å². The maximum Gasteiger partial charge on any atom is 0.240 e. The van der Waals surface area contributed by atoms with Crippen LogP contribution in [0.2, 0.25) is 0 Å². The third-order valence-electron chi connectivity index (χ3n) is 4.13. The number of hydrogen-bond acceptors (Lipinski definition) is 3. The number of anilines is 1. The molecule has 2 N–H and O–H groups in total. The van der Waals surface area contributed by atoms with Crippen LogP contribution < -0.4 is 15.4 Å². The first-order valence-corrected chi connectivity index (χ1v) is 8.45. The molecular weight excluding hydrogens is 316 g/mol. The summed E-state index contributed by atoms with van der Waals surface area (Å²) in [6.45, 7) is 3.77. The van der Waals surface area contributed by atoms with Crippen molar-refractivity contribution in [1.82, 2.24) is 5.32 Å². The Balaban J connectivity index is 1.62. The summed E-state index contributed by atoms with van der Waals surface area (Å²) in [5.41, 5.74) is -0.266. The van der Waals surface area contributed by atoms with Gasteiger partial charge in [-0.15, -0.1) is 0 Å². The van der Waals surface area contributed by atoms with Gasteiger partial charge in [0.2, 0.25) is 11.8 Å². The summed E-state index contributed by atoms with van der Waals surface area (Å²) in [5.74, 6) is 0.996. The number of rotatable bonds is 6. The van der Waals surface area contributed by atoms with Gasteiger partial charge in [-0.1, -0.05) is 18.2 Å². The van der Waals surface area contributed by atoms with E-state index in [9.17, 15) is 9.59 Å². The summed E-state index contributed by atoms with van der Waals surface area (Å²) in [6, 6.07) is 16.6. The second kappa shape index (κ2) is 6.97. The van der Waals surface area contributed by atoms with Crippen molar-refractivity contribution in [2.75, 3.05) is 5.32 Å². The summed E-state index contributed by atoms with van der Waals surface area (Å²) in [4.78, 5) is 24.7. The normalized spacial score (nSPS) is 14.7. The van der Waals surface area contributed by atoms with Crippen LogP contribution in [0.3, 0.4) is 0 Å². The van der Waals surface area contributed by atoms with E-state index in [1.807, 2.05) is 44.2 Å². The minimum Gasteiger partial charge on any atom is -0.457 e. The van der Waals surface area contributed by atoms with E-state index in [0.29, 0.717) is 24.3 Å². The number of benzene rings is 2. The lowest BCUT2D eigenvalue weighted by Gasteiger charge is -2.17. The number of carbonyl (C=O) groups is 2. The molecule has 0 saturated heterocycles. The molecule has 1 aliphatic carbocycles. The van der Waals surface area contributed by atoms with Gasteiger partial charge in [0.05, 0.1) is 0 Å². The maximum absolute atomic E-state index is 12.5. The van der Waals surface area contributed by atoms with Crippen LogP contribution in [-0.2, 0) is 9.59 Å². The molecular formula is C20H22N2O3. The van der Waals surface area contributed by atoms with Gasteiger partial charge in [0.25, 0.3) is 0 Å². The zero-order chi connectivity index (χ0) is 17.9. The molecule has 5 heteroatoms. The van der Waals surface area contributed by atoms with E-state index < -0.39 is 5.41 Å². The minimum atomic E-state index is -0.913. The van der Waals surface area contributed by atoms with Crippen LogP contribution in [0.5, 0.6) is 11.5 Å². The van der Waals surface area contributed by atoms with E-state index in [2.05, 4.69) is 10.6 Å². The van der Waals surface area contributed by atoms with Crippen molar-refractivity contribution in [2.24, 2.45) is 5.41 Å². The Bertz CT molecular complexity index is 750. The average Bonchev–Trinajstić information content (AvgIpc) is 3.39. The van der Waals surface area contributed by atoms with Crippen LogP contribution in [0.15, 0.2) is 54.6 Å². The highest BCUT2D eigenvalue weighted by atomic mass is 16.5. The van der Waals surface area contributed by atoms with E-state index in [-0.39, 0.29) is 17.9 Å². The smallest absolute Gasteiger partial charge is 0.240 e. The minimum absolute atomic E-state index is 0.0205. The van der Waals surface area contributed by atoms with Gasteiger partial charge in [0.15, 0.2) is 0 Å². The molecule has 3 rings (SSSR count). The molecule has 2 aromatic rings. The maximum atomic E-state index is 12.5. The average molecular weight is 338 g/mol. The van der Waals surface area contributed by atoms with Gasteiger partial charge in [-0.05, 0) is 63.1 Å². The number of carbonyl (C=O) groups excluding carboxylic acids is 2. The number of amides is 2. The zero-order valence-corrected chi connectivity index (χ0v) is 14.4. The summed E-state index contributed by atoms with van der Waals surface area (Å²) in [6.07, 6.45) is 1.18. The predicted octanol–water partition coefficient (Wildman–Crippen LogP) is 3.72. The van der Waals surface area contributed by atoms with Crippen molar-refractivity contribution in [3.63, 3.8) is 0 Å². The topological polar surface area (TPSA) is 67.4 Å². The van der Waals surface area contributed by atoms with Gasteiger partial charge < -0.3 is 15.4 Å². The monoisotopic (exact) mass is 338 g/mol. The van der Waals surface area contributed by atoms with Crippen molar-refractivity contribution in [1.29, 1.82) is 0 Å². The molecule has 1 fully saturated rings. The van der Waals surface area contributed by atoms with E-state index in [1.54, 1.807) is 24.3 Å². The first-order valence-electron chi connectivity index (χ1n) is 8.45. The summed E-state index contributed by atoms with van der Waals surface area (Å²) < 4.78 is 5.72. The Morgan fingerprint density at radius 1 is 0.920 bits per heavy atom. The van der Waals surface area contributed by atoms with Crippen molar-refractivity contribution in [2.45, 2.75) is 32.7 Å². The SMILES string of the molecule is CC(C)NC(=O)C1(C(=O)Nc2ccc(Oc3ccccc3)cc2)CC1.